The fourth-order valence-corrected chi connectivity index (χ4v) is 0.761. The van der Waals surface area contributed by atoms with Gasteiger partial charge in [-0.3, -0.25) is 0 Å². The van der Waals surface area contributed by atoms with E-state index in [1.54, 1.807) is 6.92 Å². The molecule has 0 radical (unpaired) electrons. The molecule has 0 aliphatic carbocycles. The predicted molar refractivity (Wildman–Crippen MR) is 24.1 cm³/mol. The first kappa shape index (κ1) is 4.64. The second-order valence-corrected chi connectivity index (χ2v) is 1.88. The van der Waals surface area contributed by atoms with Crippen LogP contribution in [-0.2, 0) is 19.7 Å². The van der Waals surface area contributed by atoms with Crippen molar-refractivity contribution >= 4 is 11.4 Å². The summed E-state index contributed by atoms with van der Waals surface area (Å²) in [5, 5.41) is 0. The molecule has 0 aromatic heterocycles. The largest absolute Gasteiger partial charge is 0.416 e. The van der Waals surface area contributed by atoms with Crippen LogP contribution in [0.3, 0.4) is 0 Å². The van der Waals surface area contributed by atoms with Crippen LogP contribution in [0.15, 0.2) is 12.0 Å². The summed E-state index contributed by atoms with van der Waals surface area (Å²) >= 11 is -1.55. The molecule has 1 unspecified atom stereocenters. The van der Waals surface area contributed by atoms with Crippen LogP contribution in [0, 0.1) is 0 Å². The third kappa shape index (κ3) is 0.928. The first-order valence-corrected chi connectivity index (χ1v) is 2.73. The molecule has 1 atom stereocenters. The lowest BCUT2D eigenvalue weighted by Crippen LogP contribution is -1.83. The van der Waals surface area contributed by atoms with Crippen LogP contribution in [-0.4, -0.2) is 4.21 Å². The maximum atomic E-state index is 10.1. The fraction of sp³-hybridized carbons (Fsp3) is 0.333. The molecule has 0 fully saturated rings. The van der Waals surface area contributed by atoms with Crippen LogP contribution in [0.25, 0.3) is 0 Å². The van der Waals surface area contributed by atoms with Gasteiger partial charge < -0.3 is 8.37 Å². The molecule has 0 bridgehead atoms. The van der Waals surface area contributed by atoms with Crippen molar-refractivity contribution in [3.8, 4) is 0 Å². The predicted octanol–water partition coefficient (Wildman–Crippen LogP) is 0.473. The first-order valence-electron chi connectivity index (χ1n) is 1.73. The Morgan fingerprint density at radius 3 is 2.71 bits per heavy atom. The Bertz CT molecular complexity index is 128. The van der Waals surface area contributed by atoms with Crippen molar-refractivity contribution in [3.05, 3.63) is 12.0 Å². The average molecular weight is 120 g/mol. The molecule has 1 heterocycles. The molecule has 1 aliphatic heterocycles. The number of hydrogen-bond acceptors (Lipinski definition) is 3. The molecular weight excluding hydrogens is 116 g/mol. The minimum absolute atomic E-state index is 0.554. The molecule has 0 N–H and O–H groups in total. The van der Waals surface area contributed by atoms with Gasteiger partial charge in [0.1, 0.15) is 6.26 Å². The maximum absolute atomic E-state index is 10.1. The zero-order valence-corrected chi connectivity index (χ0v) is 4.53. The number of rotatable bonds is 0. The van der Waals surface area contributed by atoms with Crippen LogP contribution < -0.4 is 0 Å². The summed E-state index contributed by atoms with van der Waals surface area (Å²) in [6.45, 7) is 1.67. The van der Waals surface area contributed by atoms with Crippen LogP contribution in [0.2, 0.25) is 0 Å². The van der Waals surface area contributed by atoms with Crippen molar-refractivity contribution < 1.29 is 12.6 Å². The van der Waals surface area contributed by atoms with Crippen molar-refractivity contribution in [3.63, 3.8) is 0 Å². The van der Waals surface area contributed by atoms with Crippen molar-refractivity contribution in [2.45, 2.75) is 6.92 Å². The van der Waals surface area contributed by atoms with Crippen molar-refractivity contribution in [2.75, 3.05) is 0 Å². The Hall–Kier alpha value is -0.510. The average Bonchev–Trinajstić information content (AvgIpc) is 1.87. The minimum Gasteiger partial charge on any atom is -0.375 e. The van der Waals surface area contributed by atoms with E-state index >= 15 is 0 Å². The summed E-state index contributed by atoms with van der Waals surface area (Å²) < 4.78 is 18.9. The standard InChI is InChI=1S/C3H4O3S/c1-3-2-5-7(4)6-3/h2H,1H3. The topological polar surface area (TPSA) is 35.5 Å². The van der Waals surface area contributed by atoms with Crippen molar-refractivity contribution in [1.29, 1.82) is 0 Å². The third-order valence-corrected chi connectivity index (χ3v) is 1.14. The molecule has 0 saturated heterocycles. The van der Waals surface area contributed by atoms with E-state index in [9.17, 15) is 4.21 Å². The van der Waals surface area contributed by atoms with Gasteiger partial charge in [-0.2, -0.15) is 4.21 Å². The molecule has 40 valence electrons. The Kier molecular flexibility index (Phi) is 1.02. The Morgan fingerprint density at radius 1 is 1.86 bits per heavy atom. The van der Waals surface area contributed by atoms with E-state index in [1.165, 1.54) is 6.26 Å². The van der Waals surface area contributed by atoms with E-state index < -0.39 is 11.4 Å². The van der Waals surface area contributed by atoms with Crippen LogP contribution >= 0.6 is 0 Å². The molecule has 4 heteroatoms. The van der Waals surface area contributed by atoms with E-state index in [2.05, 4.69) is 8.37 Å². The molecule has 7 heavy (non-hydrogen) atoms. The van der Waals surface area contributed by atoms with Gasteiger partial charge in [-0.05, 0) is 6.92 Å². The zero-order chi connectivity index (χ0) is 5.28. The smallest absolute Gasteiger partial charge is 0.375 e. The normalized spacial score (nSPS) is 28.1. The fourth-order valence-electron chi connectivity index (χ4n) is 0.254. The molecule has 0 amide bonds. The maximum Gasteiger partial charge on any atom is 0.416 e. The Balaban J connectivity index is 2.58. The summed E-state index contributed by atoms with van der Waals surface area (Å²) in [6.07, 6.45) is 1.32. The summed E-state index contributed by atoms with van der Waals surface area (Å²) in [5.41, 5.74) is 0. The lowest BCUT2D eigenvalue weighted by molar-refractivity contribution is 0.432. The molecule has 0 aromatic rings. The van der Waals surface area contributed by atoms with Gasteiger partial charge in [0.25, 0.3) is 0 Å². The van der Waals surface area contributed by atoms with Crippen LogP contribution in [0.1, 0.15) is 6.92 Å². The molecule has 0 saturated carbocycles. The second-order valence-electron chi connectivity index (χ2n) is 1.11. The van der Waals surface area contributed by atoms with Gasteiger partial charge in [0.15, 0.2) is 5.76 Å². The highest BCUT2D eigenvalue weighted by atomic mass is 32.2. The Morgan fingerprint density at radius 2 is 2.57 bits per heavy atom. The van der Waals surface area contributed by atoms with Gasteiger partial charge in [0, 0.05) is 0 Å². The molecular formula is C3H4O3S. The highest BCUT2D eigenvalue weighted by Gasteiger charge is 2.08. The van der Waals surface area contributed by atoms with Gasteiger partial charge in [-0.1, -0.05) is 0 Å². The Labute approximate surface area is 43.8 Å². The SMILES string of the molecule is CC1=COS(=O)O1. The summed E-state index contributed by atoms with van der Waals surface area (Å²) in [5.74, 6) is 0.554. The van der Waals surface area contributed by atoms with Gasteiger partial charge >= 0.3 is 11.4 Å². The van der Waals surface area contributed by atoms with E-state index in [1.807, 2.05) is 0 Å². The second kappa shape index (κ2) is 1.54. The highest BCUT2D eigenvalue weighted by molar-refractivity contribution is 7.75. The van der Waals surface area contributed by atoms with E-state index in [0.717, 1.165) is 0 Å². The number of allylic oxidation sites excluding steroid dienone is 1. The van der Waals surface area contributed by atoms with E-state index in [4.69, 9.17) is 0 Å². The van der Waals surface area contributed by atoms with Gasteiger partial charge in [0.05, 0.1) is 0 Å². The number of hydrogen-bond donors (Lipinski definition) is 0. The quantitative estimate of drug-likeness (QED) is 0.466. The molecule has 0 spiro atoms. The summed E-state index contributed by atoms with van der Waals surface area (Å²) in [4.78, 5) is 0. The van der Waals surface area contributed by atoms with Crippen LogP contribution in [0.5, 0.6) is 0 Å². The highest BCUT2D eigenvalue weighted by Crippen LogP contribution is 2.08. The first-order chi connectivity index (χ1) is 3.29. The third-order valence-electron chi connectivity index (χ3n) is 0.492. The van der Waals surface area contributed by atoms with Gasteiger partial charge in [0.2, 0.25) is 0 Å². The van der Waals surface area contributed by atoms with E-state index in [0.29, 0.717) is 5.76 Å². The van der Waals surface area contributed by atoms with E-state index in [-0.39, 0.29) is 0 Å². The lowest BCUT2D eigenvalue weighted by atomic mass is 10.7. The van der Waals surface area contributed by atoms with Crippen molar-refractivity contribution in [2.24, 2.45) is 0 Å². The minimum atomic E-state index is -1.55. The molecule has 1 aliphatic rings. The summed E-state index contributed by atoms with van der Waals surface area (Å²) in [6, 6.07) is 0. The zero-order valence-electron chi connectivity index (χ0n) is 3.71. The molecule has 3 nitrogen and oxygen atoms in total. The van der Waals surface area contributed by atoms with Gasteiger partial charge in [-0.25, -0.2) is 0 Å². The van der Waals surface area contributed by atoms with Crippen molar-refractivity contribution in [1.82, 2.24) is 0 Å². The molecule has 1 rings (SSSR count). The van der Waals surface area contributed by atoms with Crippen LogP contribution in [0.4, 0.5) is 0 Å². The van der Waals surface area contributed by atoms with Gasteiger partial charge in [-0.15, -0.1) is 0 Å². The lowest BCUT2D eigenvalue weighted by Gasteiger charge is -1.84. The summed E-state index contributed by atoms with van der Waals surface area (Å²) in [7, 11) is 0. The molecule has 0 aromatic carbocycles. The monoisotopic (exact) mass is 120 g/mol.